The zero-order chi connectivity index (χ0) is 15.4. The number of hydrogen-bond acceptors (Lipinski definition) is 8. The third-order valence-corrected chi connectivity index (χ3v) is 1.77. The van der Waals surface area contributed by atoms with E-state index in [4.69, 9.17) is 30.0 Å². The standard InChI is InChI=1S/C9H7N.2C2H4O3.H3N.Pt/c1-2-6-9-8(4-1)5-3-7-10-9;2*3-1-2(4)5;;/h1-7H;2*3H,1H2,(H,4,5);1H3;/q;;;;+2/p-2. The predicted octanol–water partition coefficient (Wildman–Crippen LogP) is -2.15. The van der Waals surface area contributed by atoms with E-state index in [-0.39, 0.29) is 27.2 Å². The number of aliphatic hydroxyl groups is 2. The van der Waals surface area contributed by atoms with Crippen molar-refractivity contribution >= 4 is 22.8 Å². The molecule has 1 heterocycles. The molecular weight excluding hydrogens is 475 g/mol. The zero-order valence-electron chi connectivity index (χ0n) is 11.5. The van der Waals surface area contributed by atoms with Crippen LogP contribution in [0.4, 0.5) is 0 Å². The van der Waals surface area contributed by atoms with E-state index in [9.17, 15) is 0 Å². The molecule has 124 valence electrons. The van der Waals surface area contributed by atoms with Gasteiger partial charge in [0.25, 0.3) is 0 Å². The first kappa shape index (κ1) is 25.1. The molecule has 0 aliphatic carbocycles. The number of carbonyl (C=O) groups excluding carboxylic acids is 2. The molecule has 22 heavy (non-hydrogen) atoms. The quantitative estimate of drug-likeness (QED) is 0.427. The van der Waals surface area contributed by atoms with Crippen molar-refractivity contribution in [2.24, 2.45) is 0 Å². The van der Waals surface area contributed by atoms with E-state index < -0.39 is 25.2 Å². The number of aliphatic carboxylic acids is 2. The molecule has 0 bridgehead atoms. The van der Waals surface area contributed by atoms with Crippen molar-refractivity contribution in [3.8, 4) is 0 Å². The van der Waals surface area contributed by atoms with Crippen LogP contribution in [0.2, 0.25) is 0 Å². The largest absolute Gasteiger partial charge is 2.00 e. The zero-order valence-corrected chi connectivity index (χ0v) is 13.7. The Morgan fingerprint density at radius 2 is 1.36 bits per heavy atom. The average molecular weight is 491 g/mol. The van der Waals surface area contributed by atoms with E-state index in [1.54, 1.807) is 0 Å². The van der Waals surface area contributed by atoms with Crippen LogP contribution in [0.1, 0.15) is 0 Å². The van der Waals surface area contributed by atoms with Gasteiger partial charge in [-0.25, -0.2) is 0 Å². The molecule has 2 rings (SSSR count). The molecule has 0 saturated carbocycles. The summed E-state index contributed by atoms with van der Waals surface area (Å²) < 4.78 is 0. The molecule has 0 amide bonds. The maximum Gasteiger partial charge on any atom is 2.00 e. The van der Waals surface area contributed by atoms with Crippen molar-refractivity contribution < 1.29 is 51.1 Å². The predicted molar refractivity (Wildman–Crippen MR) is 71.0 cm³/mol. The molecule has 1 aromatic carbocycles. The van der Waals surface area contributed by atoms with Crippen molar-refractivity contribution in [1.82, 2.24) is 11.1 Å². The maximum absolute atomic E-state index is 9.01. The van der Waals surface area contributed by atoms with E-state index in [2.05, 4.69) is 17.1 Å². The molecule has 9 heteroatoms. The number of para-hydroxylation sites is 1. The summed E-state index contributed by atoms with van der Waals surface area (Å²) in [5, 5.41) is 34.2. The molecule has 0 aliphatic heterocycles. The third-order valence-electron chi connectivity index (χ3n) is 1.77. The molecule has 0 radical (unpaired) electrons. The van der Waals surface area contributed by atoms with E-state index in [1.807, 2.05) is 30.5 Å². The Balaban J connectivity index is -0.000000264. The summed E-state index contributed by atoms with van der Waals surface area (Å²) in [4.78, 5) is 22.2. The van der Waals surface area contributed by atoms with Crippen LogP contribution in [0.25, 0.3) is 10.9 Å². The van der Waals surface area contributed by atoms with Crippen molar-refractivity contribution in [3.05, 3.63) is 42.6 Å². The Kier molecular flexibility index (Phi) is 17.7. The van der Waals surface area contributed by atoms with Gasteiger partial charge in [0.15, 0.2) is 0 Å². The first-order chi connectivity index (χ1) is 9.51. The summed E-state index contributed by atoms with van der Waals surface area (Å²) in [5.41, 5.74) is 1.06. The van der Waals surface area contributed by atoms with Gasteiger partial charge in [0.2, 0.25) is 0 Å². The van der Waals surface area contributed by atoms with Crippen LogP contribution >= 0.6 is 0 Å². The molecule has 0 unspecified atom stereocenters. The van der Waals surface area contributed by atoms with Crippen molar-refractivity contribution in [2.75, 3.05) is 13.2 Å². The molecule has 0 spiro atoms. The average Bonchev–Trinajstić information content (AvgIpc) is 2.48. The van der Waals surface area contributed by atoms with Gasteiger partial charge < -0.3 is 36.2 Å². The molecular formula is C13H16N2O6Pt. The number of pyridine rings is 1. The summed E-state index contributed by atoms with van der Waals surface area (Å²) >= 11 is 0. The number of rotatable bonds is 2. The van der Waals surface area contributed by atoms with Gasteiger partial charge in [0.05, 0.1) is 30.7 Å². The van der Waals surface area contributed by atoms with Gasteiger partial charge in [-0.15, -0.1) is 0 Å². The molecule has 0 atom stereocenters. The molecule has 0 saturated heterocycles. The molecule has 2 aromatic rings. The van der Waals surface area contributed by atoms with E-state index in [0.29, 0.717) is 0 Å². The van der Waals surface area contributed by atoms with Crippen LogP contribution in [0, 0.1) is 0 Å². The van der Waals surface area contributed by atoms with Crippen LogP contribution < -0.4 is 16.4 Å². The van der Waals surface area contributed by atoms with Crippen LogP contribution in [0.3, 0.4) is 0 Å². The minimum Gasteiger partial charge on any atom is -0.548 e. The Hall–Kier alpha value is -1.86. The third kappa shape index (κ3) is 13.1. The number of carboxylic acids is 2. The van der Waals surface area contributed by atoms with E-state index >= 15 is 0 Å². The van der Waals surface area contributed by atoms with Crippen molar-refractivity contribution in [3.63, 3.8) is 0 Å². The summed E-state index contributed by atoms with van der Waals surface area (Å²) in [6.07, 6.45) is 1.81. The second-order valence-corrected chi connectivity index (χ2v) is 3.26. The molecule has 0 fully saturated rings. The van der Waals surface area contributed by atoms with Gasteiger partial charge in [0.1, 0.15) is 0 Å². The number of carbonyl (C=O) groups is 2. The minimum atomic E-state index is -1.44. The Labute approximate surface area is 141 Å². The fourth-order valence-electron chi connectivity index (χ4n) is 1.02. The summed E-state index contributed by atoms with van der Waals surface area (Å²) in [6.45, 7) is -1.78. The monoisotopic (exact) mass is 491 g/mol. The number of fused-ring (bicyclic) bond motifs is 1. The summed E-state index contributed by atoms with van der Waals surface area (Å²) in [6, 6.07) is 12.1. The van der Waals surface area contributed by atoms with Crippen molar-refractivity contribution in [2.45, 2.75) is 0 Å². The number of nitrogens with zero attached hydrogens (tertiary/aromatic N) is 1. The summed E-state index contributed by atoms with van der Waals surface area (Å²) in [5.74, 6) is -2.88. The second-order valence-electron chi connectivity index (χ2n) is 3.26. The Morgan fingerprint density at radius 3 is 1.77 bits per heavy atom. The molecule has 8 nitrogen and oxygen atoms in total. The van der Waals surface area contributed by atoms with Gasteiger partial charge >= 0.3 is 21.1 Å². The van der Waals surface area contributed by atoms with Crippen LogP contribution in [0.5, 0.6) is 0 Å². The second kappa shape index (κ2) is 15.5. The van der Waals surface area contributed by atoms with E-state index in [1.165, 1.54) is 5.39 Å². The van der Waals surface area contributed by atoms with Crippen LogP contribution in [-0.4, -0.2) is 40.3 Å². The van der Waals surface area contributed by atoms with Gasteiger partial charge in [-0.05, 0) is 12.1 Å². The number of carboxylic acid groups (broad SMARTS) is 2. The van der Waals surface area contributed by atoms with Gasteiger partial charge in [-0.2, -0.15) is 0 Å². The van der Waals surface area contributed by atoms with Gasteiger partial charge in [0, 0.05) is 11.6 Å². The minimum absolute atomic E-state index is 0. The normalized spacial score (nSPS) is 7.91. The molecule has 5 N–H and O–H groups in total. The van der Waals surface area contributed by atoms with Crippen molar-refractivity contribution in [1.29, 1.82) is 0 Å². The van der Waals surface area contributed by atoms with Gasteiger partial charge in [-0.3, -0.25) is 4.98 Å². The van der Waals surface area contributed by atoms with Crippen LogP contribution in [0.15, 0.2) is 42.6 Å². The maximum atomic E-state index is 9.01. The Bertz CT molecular complexity index is 473. The fraction of sp³-hybridized carbons (Fsp3) is 0.154. The van der Waals surface area contributed by atoms with E-state index in [0.717, 1.165) is 5.52 Å². The van der Waals surface area contributed by atoms with Crippen LogP contribution in [-0.2, 0) is 30.7 Å². The topological polar surface area (TPSA) is 169 Å². The number of aromatic nitrogens is 1. The Morgan fingerprint density at radius 1 is 0.955 bits per heavy atom. The van der Waals surface area contributed by atoms with Gasteiger partial charge in [-0.1, -0.05) is 24.3 Å². The molecule has 1 aromatic heterocycles. The summed E-state index contributed by atoms with van der Waals surface area (Å²) in [7, 11) is 0. The SMILES string of the molecule is N.O=C([O-])CO.O=C([O-])CO.[Pt+2].c1ccc2ncccc2c1. The first-order valence-electron chi connectivity index (χ1n) is 5.42. The number of benzene rings is 1. The number of aliphatic hydroxyl groups excluding tert-OH is 2. The molecule has 0 aliphatic rings. The fourth-order valence-corrected chi connectivity index (χ4v) is 1.02. The number of hydrogen-bond donors (Lipinski definition) is 3. The smallest absolute Gasteiger partial charge is 0.548 e. The first-order valence-corrected chi connectivity index (χ1v) is 5.42.